The largest absolute Gasteiger partial charge is 0.143 e. The molecule has 0 aromatic heterocycles. The van der Waals surface area contributed by atoms with Crippen molar-refractivity contribution in [1.82, 2.24) is 0 Å². The van der Waals surface area contributed by atoms with Crippen LogP contribution in [0.1, 0.15) is 25.7 Å². The standard InChI is InChI=1S/C11H14S2/c12-9-5-7-11(8-6-9)13-10-3-1-2-4-10/h5-8,10,12H,1-4H2. The molecule has 0 bridgehead atoms. The van der Waals surface area contributed by atoms with Gasteiger partial charge in [-0.25, -0.2) is 0 Å². The van der Waals surface area contributed by atoms with E-state index in [1.54, 1.807) is 0 Å². The predicted octanol–water partition coefficient (Wildman–Crippen LogP) is 4.01. The maximum Gasteiger partial charge on any atom is 0.00944 e. The van der Waals surface area contributed by atoms with Gasteiger partial charge in [-0.3, -0.25) is 0 Å². The van der Waals surface area contributed by atoms with Crippen molar-refractivity contribution in [2.24, 2.45) is 0 Å². The third kappa shape index (κ3) is 2.68. The van der Waals surface area contributed by atoms with Crippen molar-refractivity contribution in [3.8, 4) is 0 Å². The molecular formula is C11H14S2. The van der Waals surface area contributed by atoms with Gasteiger partial charge in [0.05, 0.1) is 0 Å². The molecule has 1 saturated carbocycles. The SMILES string of the molecule is Sc1ccc(SC2CCCC2)cc1. The normalized spacial score (nSPS) is 17.9. The Labute approximate surface area is 89.5 Å². The van der Waals surface area contributed by atoms with Crippen LogP contribution in [0.4, 0.5) is 0 Å². The van der Waals surface area contributed by atoms with Crippen LogP contribution in [0.25, 0.3) is 0 Å². The van der Waals surface area contributed by atoms with E-state index in [1.807, 2.05) is 11.8 Å². The van der Waals surface area contributed by atoms with Crippen LogP contribution in [0.2, 0.25) is 0 Å². The average Bonchev–Trinajstić information content (AvgIpc) is 2.62. The maximum absolute atomic E-state index is 4.27. The molecule has 0 aliphatic heterocycles. The Morgan fingerprint density at radius 2 is 1.69 bits per heavy atom. The molecule has 2 heteroatoms. The van der Waals surface area contributed by atoms with Crippen molar-refractivity contribution in [3.05, 3.63) is 24.3 Å². The van der Waals surface area contributed by atoms with Crippen LogP contribution in [0, 0.1) is 0 Å². The summed E-state index contributed by atoms with van der Waals surface area (Å²) in [6, 6.07) is 8.48. The summed E-state index contributed by atoms with van der Waals surface area (Å²) in [6.07, 6.45) is 5.63. The number of thiol groups is 1. The molecule has 70 valence electrons. The molecule has 1 aromatic rings. The lowest BCUT2D eigenvalue weighted by atomic mass is 10.4. The number of benzene rings is 1. The third-order valence-corrected chi connectivity index (χ3v) is 4.09. The first-order valence-corrected chi connectivity index (χ1v) is 6.13. The van der Waals surface area contributed by atoms with E-state index in [1.165, 1.54) is 30.6 Å². The lowest BCUT2D eigenvalue weighted by Gasteiger charge is -2.07. The monoisotopic (exact) mass is 210 g/mol. The molecule has 0 heterocycles. The van der Waals surface area contributed by atoms with Crippen LogP contribution in [0.5, 0.6) is 0 Å². The van der Waals surface area contributed by atoms with Gasteiger partial charge in [-0.2, -0.15) is 0 Å². The first kappa shape index (κ1) is 9.47. The van der Waals surface area contributed by atoms with E-state index < -0.39 is 0 Å². The van der Waals surface area contributed by atoms with Gasteiger partial charge in [-0.05, 0) is 37.1 Å². The fourth-order valence-electron chi connectivity index (χ4n) is 1.72. The second-order valence-electron chi connectivity index (χ2n) is 3.52. The summed E-state index contributed by atoms with van der Waals surface area (Å²) in [5.74, 6) is 0. The van der Waals surface area contributed by atoms with Crippen LogP contribution < -0.4 is 0 Å². The van der Waals surface area contributed by atoms with E-state index in [9.17, 15) is 0 Å². The molecule has 0 saturated heterocycles. The van der Waals surface area contributed by atoms with Crippen LogP contribution in [0.3, 0.4) is 0 Å². The molecule has 1 aromatic carbocycles. The second-order valence-corrected chi connectivity index (χ2v) is 5.41. The van der Waals surface area contributed by atoms with Crippen molar-refractivity contribution >= 4 is 24.4 Å². The molecule has 1 aliphatic rings. The van der Waals surface area contributed by atoms with Gasteiger partial charge in [0.15, 0.2) is 0 Å². The zero-order chi connectivity index (χ0) is 9.10. The molecule has 2 rings (SSSR count). The lowest BCUT2D eigenvalue weighted by Crippen LogP contribution is -1.92. The Hall–Kier alpha value is -0.0800. The Kier molecular flexibility index (Phi) is 3.23. The van der Waals surface area contributed by atoms with Crippen molar-refractivity contribution in [1.29, 1.82) is 0 Å². The van der Waals surface area contributed by atoms with Crippen LogP contribution in [0.15, 0.2) is 34.1 Å². The van der Waals surface area contributed by atoms with Gasteiger partial charge in [0.25, 0.3) is 0 Å². The van der Waals surface area contributed by atoms with Crippen molar-refractivity contribution < 1.29 is 0 Å². The predicted molar refractivity (Wildman–Crippen MR) is 61.8 cm³/mol. The van der Waals surface area contributed by atoms with Crippen molar-refractivity contribution in [2.45, 2.75) is 40.7 Å². The van der Waals surface area contributed by atoms with Crippen molar-refractivity contribution in [3.63, 3.8) is 0 Å². The van der Waals surface area contributed by atoms with E-state index >= 15 is 0 Å². The zero-order valence-electron chi connectivity index (χ0n) is 7.57. The highest BCUT2D eigenvalue weighted by Gasteiger charge is 2.15. The van der Waals surface area contributed by atoms with E-state index in [4.69, 9.17) is 0 Å². The Bertz CT molecular complexity index is 260. The van der Waals surface area contributed by atoms with E-state index in [2.05, 4.69) is 36.9 Å². The molecule has 0 atom stereocenters. The summed E-state index contributed by atoms with van der Waals surface area (Å²) in [7, 11) is 0. The van der Waals surface area contributed by atoms with Gasteiger partial charge in [0.2, 0.25) is 0 Å². The summed E-state index contributed by atoms with van der Waals surface area (Å²) < 4.78 is 0. The van der Waals surface area contributed by atoms with Crippen LogP contribution >= 0.6 is 24.4 Å². The van der Waals surface area contributed by atoms with Crippen molar-refractivity contribution in [2.75, 3.05) is 0 Å². The molecule has 13 heavy (non-hydrogen) atoms. The summed E-state index contributed by atoms with van der Waals surface area (Å²) >= 11 is 6.30. The number of hydrogen-bond acceptors (Lipinski definition) is 2. The molecule has 0 nitrogen and oxygen atoms in total. The van der Waals surface area contributed by atoms with E-state index in [0.717, 1.165) is 10.1 Å². The molecule has 1 fully saturated rings. The molecule has 0 N–H and O–H groups in total. The summed E-state index contributed by atoms with van der Waals surface area (Å²) in [6.45, 7) is 0. The first-order chi connectivity index (χ1) is 6.34. The van der Waals surface area contributed by atoms with Gasteiger partial charge in [-0.15, -0.1) is 24.4 Å². The average molecular weight is 210 g/mol. The fourth-order valence-corrected chi connectivity index (χ4v) is 3.12. The molecule has 0 radical (unpaired) electrons. The minimum atomic E-state index is 0.866. The number of thioether (sulfide) groups is 1. The zero-order valence-corrected chi connectivity index (χ0v) is 9.28. The lowest BCUT2D eigenvalue weighted by molar-refractivity contribution is 0.886. The van der Waals surface area contributed by atoms with E-state index in [-0.39, 0.29) is 0 Å². The van der Waals surface area contributed by atoms with E-state index in [0.29, 0.717) is 0 Å². The second kappa shape index (κ2) is 4.43. The van der Waals surface area contributed by atoms with Crippen LogP contribution in [-0.4, -0.2) is 5.25 Å². The Morgan fingerprint density at radius 1 is 1.08 bits per heavy atom. The topological polar surface area (TPSA) is 0 Å². The molecule has 0 amide bonds. The van der Waals surface area contributed by atoms with Gasteiger partial charge < -0.3 is 0 Å². The van der Waals surface area contributed by atoms with Crippen LogP contribution in [-0.2, 0) is 0 Å². The maximum atomic E-state index is 4.27. The van der Waals surface area contributed by atoms with Gasteiger partial charge in [0.1, 0.15) is 0 Å². The fraction of sp³-hybridized carbons (Fsp3) is 0.455. The number of rotatable bonds is 2. The van der Waals surface area contributed by atoms with Gasteiger partial charge in [0, 0.05) is 15.0 Å². The third-order valence-electron chi connectivity index (χ3n) is 2.44. The highest BCUT2D eigenvalue weighted by atomic mass is 32.2. The highest BCUT2D eigenvalue weighted by molar-refractivity contribution is 8.00. The minimum Gasteiger partial charge on any atom is -0.143 e. The number of hydrogen-bond donors (Lipinski definition) is 1. The molecular weight excluding hydrogens is 196 g/mol. The summed E-state index contributed by atoms with van der Waals surface area (Å²) in [5.41, 5.74) is 0. The van der Waals surface area contributed by atoms with Gasteiger partial charge in [-0.1, -0.05) is 12.8 Å². The first-order valence-electron chi connectivity index (χ1n) is 4.80. The summed E-state index contributed by atoms with van der Waals surface area (Å²) in [5, 5.41) is 0.866. The molecule has 0 spiro atoms. The highest BCUT2D eigenvalue weighted by Crippen LogP contribution is 2.34. The quantitative estimate of drug-likeness (QED) is 0.720. The van der Waals surface area contributed by atoms with Gasteiger partial charge >= 0.3 is 0 Å². The molecule has 1 aliphatic carbocycles. The Morgan fingerprint density at radius 3 is 2.31 bits per heavy atom. The Balaban J connectivity index is 1.97. The molecule has 0 unspecified atom stereocenters. The smallest absolute Gasteiger partial charge is 0.00944 e. The minimum absolute atomic E-state index is 0.866. The summed E-state index contributed by atoms with van der Waals surface area (Å²) in [4.78, 5) is 2.44.